The number of carbonyl (C=O) groups is 1. The highest BCUT2D eigenvalue weighted by molar-refractivity contribution is 5.89. The van der Waals surface area contributed by atoms with Gasteiger partial charge in [-0.3, -0.25) is 0 Å². The van der Waals surface area contributed by atoms with Gasteiger partial charge >= 0.3 is 5.97 Å². The predicted octanol–water partition coefficient (Wildman–Crippen LogP) is 1.95. The van der Waals surface area contributed by atoms with Crippen LogP contribution >= 0.6 is 0 Å². The first-order valence-electron chi connectivity index (χ1n) is 5.44. The molecule has 0 atom stereocenters. The molecule has 1 fully saturated rings. The van der Waals surface area contributed by atoms with E-state index < -0.39 is 5.97 Å². The molecule has 1 aromatic rings. The molecule has 0 saturated carbocycles. The van der Waals surface area contributed by atoms with Crippen molar-refractivity contribution in [1.29, 1.82) is 0 Å². The van der Waals surface area contributed by atoms with Crippen LogP contribution in [0.15, 0.2) is 24.3 Å². The summed E-state index contributed by atoms with van der Waals surface area (Å²) < 4.78 is 0. The van der Waals surface area contributed by atoms with Crippen molar-refractivity contribution in [2.24, 2.45) is 0 Å². The van der Waals surface area contributed by atoms with Gasteiger partial charge in [0.2, 0.25) is 0 Å². The molecule has 4 heteroatoms. The van der Waals surface area contributed by atoms with Crippen LogP contribution in [0.2, 0.25) is 0 Å². The average molecular weight is 221 g/mol. The molecule has 0 radical (unpaired) electrons. The van der Waals surface area contributed by atoms with Gasteiger partial charge < -0.3 is 10.3 Å². The fourth-order valence-electron chi connectivity index (χ4n) is 2.22. The Morgan fingerprint density at radius 1 is 1.25 bits per heavy atom. The van der Waals surface area contributed by atoms with Crippen LogP contribution < -0.4 is 0 Å². The first-order valence-corrected chi connectivity index (χ1v) is 5.44. The molecular formula is C12H15NO3. The van der Waals surface area contributed by atoms with Gasteiger partial charge in [0.25, 0.3) is 0 Å². The Labute approximate surface area is 94.1 Å². The molecule has 0 amide bonds. The second kappa shape index (κ2) is 4.63. The van der Waals surface area contributed by atoms with E-state index in [1.807, 2.05) is 12.1 Å². The maximum Gasteiger partial charge on any atom is 0.335 e. The van der Waals surface area contributed by atoms with Crippen LogP contribution in [0.5, 0.6) is 0 Å². The van der Waals surface area contributed by atoms with Gasteiger partial charge in [0, 0.05) is 13.1 Å². The molecule has 86 valence electrons. The number of piperidine rings is 1. The molecule has 1 aliphatic heterocycles. The Bertz CT molecular complexity index is 384. The van der Waals surface area contributed by atoms with Gasteiger partial charge in [0.05, 0.1) is 5.56 Å². The molecule has 0 aliphatic carbocycles. The molecule has 0 unspecified atom stereocenters. The SMILES string of the molecule is O=C(O)c1ccccc1C1CCN(O)CC1. The van der Waals surface area contributed by atoms with Crippen molar-refractivity contribution in [3.8, 4) is 0 Å². The lowest BCUT2D eigenvalue weighted by atomic mass is 9.87. The highest BCUT2D eigenvalue weighted by atomic mass is 16.5. The minimum absolute atomic E-state index is 0.246. The number of hydroxylamine groups is 2. The Morgan fingerprint density at radius 3 is 2.50 bits per heavy atom. The standard InChI is InChI=1S/C12H15NO3/c14-12(15)11-4-2-1-3-10(11)9-5-7-13(16)8-6-9/h1-4,9,16H,5-8H2,(H,14,15). The summed E-state index contributed by atoms with van der Waals surface area (Å²) in [6, 6.07) is 7.13. The lowest BCUT2D eigenvalue weighted by Crippen LogP contribution is -2.30. The molecule has 0 spiro atoms. The van der Waals surface area contributed by atoms with Crippen LogP contribution in [-0.2, 0) is 0 Å². The summed E-state index contributed by atoms with van der Waals surface area (Å²) in [7, 11) is 0. The number of aromatic carboxylic acids is 1. The third-order valence-corrected chi connectivity index (χ3v) is 3.10. The normalized spacial score (nSPS) is 18.6. The van der Waals surface area contributed by atoms with Crippen LogP contribution in [0.4, 0.5) is 0 Å². The largest absolute Gasteiger partial charge is 0.478 e. The van der Waals surface area contributed by atoms with E-state index in [1.54, 1.807) is 12.1 Å². The van der Waals surface area contributed by atoms with Gasteiger partial charge in [0.1, 0.15) is 0 Å². The second-order valence-corrected chi connectivity index (χ2v) is 4.12. The number of nitrogens with zero attached hydrogens (tertiary/aromatic N) is 1. The fraction of sp³-hybridized carbons (Fsp3) is 0.417. The number of carboxylic acid groups (broad SMARTS) is 1. The lowest BCUT2D eigenvalue weighted by Gasteiger charge is -2.28. The Kier molecular flexibility index (Phi) is 3.22. The quantitative estimate of drug-likeness (QED) is 0.801. The zero-order valence-electron chi connectivity index (χ0n) is 8.97. The van der Waals surface area contributed by atoms with Crippen LogP contribution in [-0.4, -0.2) is 34.4 Å². The minimum Gasteiger partial charge on any atom is -0.478 e. The lowest BCUT2D eigenvalue weighted by molar-refractivity contribution is -0.106. The number of hydrogen-bond donors (Lipinski definition) is 2. The topological polar surface area (TPSA) is 60.8 Å². The number of rotatable bonds is 2. The van der Waals surface area contributed by atoms with Gasteiger partial charge in [-0.15, -0.1) is 0 Å². The van der Waals surface area contributed by atoms with Crippen molar-refractivity contribution in [3.05, 3.63) is 35.4 Å². The summed E-state index contributed by atoms with van der Waals surface area (Å²) in [6.45, 7) is 1.22. The maximum atomic E-state index is 11.1. The number of hydrogen-bond acceptors (Lipinski definition) is 3. The van der Waals surface area contributed by atoms with Crippen LogP contribution in [0.1, 0.15) is 34.7 Å². The van der Waals surface area contributed by atoms with Crippen molar-refractivity contribution >= 4 is 5.97 Å². The second-order valence-electron chi connectivity index (χ2n) is 4.12. The first-order chi connectivity index (χ1) is 7.68. The predicted molar refractivity (Wildman–Crippen MR) is 58.7 cm³/mol. The van der Waals surface area contributed by atoms with E-state index in [9.17, 15) is 10.0 Å². The summed E-state index contributed by atoms with van der Waals surface area (Å²) in [6.07, 6.45) is 1.61. The first kappa shape index (κ1) is 11.1. The Morgan fingerprint density at radius 2 is 1.88 bits per heavy atom. The molecule has 1 aromatic carbocycles. The van der Waals surface area contributed by atoms with Crippen LogP contribution in [0, 0.1) is 0 Å². The highest BCUT2D eigenvalue weighted by Crippen LogP contribution is 2.29. The zero-order chi connectivity index (χ0) is 11.5. The molecule has 1 aliphatic rings. The van der Waals surface area contributed by atoms with Gasteiger partial charge in [-0.2, -0.15) is 5.06 Å². The summed E-state index contributed by atoms with van der Waals surface area (Å²) in [4.78, 5) is 11.1. The maximum absolute atomic E-state index is 11.1. The van der Waals surface area contributed by atoms with Crippen molar-refractivity contribution in [2.75, 3.05) is 13.1 Å². The van der Waals surface area contributed by atoms with E-state index in [-0.39, 0.29) is 5.92 Å². The Hall–Kier alpha value is -1.39. The molecule has 1 heterocycles. The monoisotopic (exact) mass is 221 g/mol. The van der Waals surface area contributed by atoms with Gasteiger partial charge in [-0.05, 0) is 30.4 Å². The van der Waals surface area contributed by atoms with Crippen LogP contribution in [0.3, 0.4) is 0 Å². The Balaban J connectivity index is 2.23. The van der Waals surface area contributed by atoms with E-state index in [4.69, 9.17) is 5.11 Å². The summed E-state index contributed by atoms with van der Waals surface area (Å²) in [5, 5.41) is 19.6. The number of carboxylic acids is 1. The summed E-state index contributed by atoms with van der Waals surface area (Å²) in [5.41, 5.74) is 1.28. The summed E-state index contributed by atoms with van der Waals surface area (Å²) in [5.74, 6) is -0.627. The number of benzene rings is 1. The molecule has 1 saturated heterocycles. The van der Waals surface area contributed by atoms with Gasteiger partial charge in [-0.1, -0.05) is 18.2 Å². The smallest absolute Gasteiger partial charge is 0.335 e. The molecule has 16 heavy (non-hydrogen) atoms. The molecular weight excluding hydrogens is 206 g/mol. The van der Waals surface area contributed by atoms with E-state index >= 15 is 0 Å². The minimum atomic E-state index is -0.873. The third kappa shape index (κ3) is 2.23. The van der Waals surface area contributed by atoms with Crippen LogP contribution in [0.25, 0.3) is 0 Å². The molecule has 0 aromatic heterocycles. The third-order valence-electron chi connectivity index (χ3n) is 3.10. The summed E-state index contributed by atoms with van der Waals surface area (Å²) >= 11 is 0. The van der Waals surface area contributed by atoms with Crippen molar-refractivity contribution in [2.45, 2.75) is 18.8 Å². The van der Waals surface area contributed by atoms with Crippen molar-refractivity contribution in [1.82, 2.24) is 5.06 Å². The van der Waals surface area contributed by atoms with E-state index in [1.165, 1.54) is 5.06 Å². The van der Waals surface area contributed by atoms with E-state index in [0.29, 0.717) is 18.7 Å². The van der Waals surface area contributed by atoms with E-state index in [2.05, 4.69) is 0 Å². The van der Waals surface area contributed by atoms with Gasteiger partial charge in [-0.25, -0.2) is 4.79 Å². The van der Waals surface area contributed by atoms with E-state index in [0.717, 1.165) is 18.4 Å². The average Bonchev–Trinajstić information content (AvgIpc) is 2.30. The molecule has 2 N–H and O–H groups in total. The fourth-order valence-corrected chi connectivity index (χ4v) is 2.22. The van der Waals surface area contributed by atoms with Crippen molar-refractivity contribution < 1.29 is 15.1 Å². The molecule has 2 rings (SSSR count). The van der Waals surface area contributed by atoms with Gasteiger partial charge in [0.15, 0.2) is 0 Å². The van der Waals surface area contributed by atoms with Crippen molar-refractivity contribution in [3.63, 3.8) is 0 Å². The molecule has 0 bridgehead atoms. The molecule has 4 nitrogen and oxygen atoms in total. The highest BCUT2D eigenvalue weighted by Gasteiger charge is 2.23. The zero-order valence-corrected chi connectivity index (χ0v) is 8.97.